The highest BCUT2D eigenvalue weighted by Gasteiger charge is 2.10. The van der Waals surface area contributed by atoms with Crippen molar-refractivity contribution in [3.63, 3.8) is 0 Å². The van der Waals surface area contributed by atoms with Crippen molar-refractivity contribution in [3.8, 4) is 11.4 Å². The molecule has 5 heteroatoms. The van der Waals surface area contributed by atoms with Crippen LogP contribution in [-0.4, -0.2) is 21.3 Å². The molecule has 162 valence electrons. The summed E-state index contributed by atoms with van der Waals surface area (Å²) in [6.45, 7) is 10.4. The van der Waals surface area contributed by atoms with E-state index in [9.17, 15) is 4.79 Å². The third kappa shape index (κ3) is 4.14. The lowest BCUT2D eigenvalue weighted by Gasteiger charge is -2.10. The number of aromatic nitrogens is 2. The topological polar surface area (TPSA) is 51.3 Å². The number of rotatable bonds is 5. The minimum Gasteiger partial charge on any atom is -0.319 e. The Labute approximate surface area is 189 Å². The first kappa shape index (κ1) is 21.4. The predicted octanol–water partition coefficient (Wildman–Crippen LogP) is 5.57. The van der Waals surface area contributed by atoms with E-state index in [1.165, 1.54) is 5.56 Å². The van der Waals surface area contributed by atoms with Gasteiger partial charge in [0.05, 0.1) is 6.21 Å². The SMILES string of the molecule is Cc1cccc(-n2c(C)cc(/C=N\NC(=O)c3ccc(-n4c(C)ccc4C)cc3)c2C)c1. The largest absolute Gasteiger partial charge is 0.319 e. The molecule has 2 heterocycles. The quantitative estimate of drug-likeness (QED) is 0.330. The van der Waals surface area contributed by atoms with Crippen LogP contribution in [0.3, 0.4) is 0 Å². The van der Waals surface area contributed by atoms with Gasteiger partial charge in [-0.05, 0) is 94.8 Å². The van der Waals surface area contributed by atoms with E-state index in [0.717, 1.165) is 39.7 Å². The molecule has 4 rings (SSSR count). The summed E-state index contributed by atoms with van der Waals surface area (Å²) in [7, 11) is 0. The minimum atomic E-state index is -0.235. The lowest BCUT2D eigenvalue weighted by molar-refractivity contribution is 0.0955. The van der Waals surface area contributed by atoms with Gasteiger partial charge in [-0.1, -0.05) is 12.1 Å². The van der Waals surface area contributed by atoms with Crippen molar-refractivity contribution in [2.75, 3.05) is 0 Å². The Balaban J connectivity index is 1.48. The normalized spacial score (nSPS) is 11.3. The first-order valence-electron chi connectivity index (χ1n) is 10.7. The molecule has 0 spiro atoms. The molecular formula is C27H28N4O. The highest BCUT2D eigenvalue weighted by molar-refractivity contribution is 5.95. The fraction of sp³-hybridized carbons (Fsp3) is 0.185. The number of hydrogen-bond donors (Lipinski definition) is 1. The molecule has 1 amide bonds. The van der Waals surface area contributed by atoms with Gasteiger partial charge in [-0.2, -0.15) is 5.10 Å². The number of nitrogens with zero attached hydrogens (tertiary/aromatic N) is 3. The molecule has 1 N–H and O–H groups in total. The van der Waals surface area contributed by atoms with Crippen LogP contribution in [0.5, 0.6) is 0 Å². The number of aryl methyl sites for hydroxylation is 4. The third-order valence-electron chi connectivity index (χ3n) is 5.76. The fourth-order valence-electron chi connectivity index (χ4n) is 4.15. The number of carbonyl (C=O) groups is 1. The van der Waals surface area contributed by atoms with Crippen molar-refractivity contribution in [1.29, 1.82) is 0 Å². The summed E-state index contributed by atoms with van der Waals surface area (Å²) < 4.78 is 4.35. The zero-order chi connectivity index (χ0) is 22.8. The molecule has 2 aromatic heterocycles. The summed E-state index contributed by atoms with van der Waals surface area (Å²) in [4.78, 5) is 12.5. The molecule has 4 aromatic rings. The number of hydrogen-bond acceptors (Lipinski definition) is 2. The summed E-state index contributed by atoms with van der Waals surface area (Å²) in [5, 5.41) is 4.20. The lowest BCUT2D eigenvalue weighted by Crippen LogP contribution is -2.17. The molecule has 0 aliphatic rings. The molecule has 5 nitrogen and oxygen atoms in total. The van der Waals surface area contributed by atoms with Crippen molar-refractivity contribution in [2.24, 2.45) is 5.10 Å². The summed E-state index contributed by atoms with van der Waals surface area (Å²) in [5.41, 5.74) is 12.1. The number of benzene rings is 2. The average molecular weight is 425 g/mol. The standard InChI is InChI=1S/C27H28N4O/c1-18-7-6-8-26(15-18)31-21(4)16-24(22(31)5)17-28-29-27(32)23-11-13-25(14-12-23)30-19(2)9-10-20(30)3/h6-17H,1-5H3,(H,29,32)/b28-17-. The fourth-order valence-corrected chi connectivity index (χ4v) is 4.15. The van der Waals surface area contributed by atoms with Gasteiger partial charge in [0.1, 0.15) is 0 Å². The van der Waals surface area contributed by atoms with Crippen LogP contribution >= 0.6 is 0 Å². The van der Waals surface area contributed by atoms with Crippen LogP contribution < -0.4 is 5.43 Å². The summed E-state index contributed by atoms with van der Waals surface area (Å²) >= 11 is 0. The van der Waals surface area contributed by atoms with E-state index in [0.29, 0.717) is 5.56 Å². The Hall–Kier alpha value is -3.86. The van der Waals surface area contributed by atoms with E-state index in [1.54, 1.807) is 6.21 Å². The van der Waals surface area contributed by atoms with Crippen molar-refractivity contribution in [2.45, 2.75) is 34.6 Å². The van der Waals surface area contributed by atoms with E-state index >= 15 is 0 Å². The molecule has 0 fully saturated rings. The molecule has 2 aromatic carbocycles. The van der Waals surface area contributed by atoms with E-state index in [2.05, 4.69) is 96.7 Å². The van der Waals surface area contributed by atoms with E-state index in [4.69, 9.17) is 0 Å². The first-order valence-corrected chi connectivity index (χ1v) is 10.7. The van der Waals surface area contributed by atoms with Crippen molar-refractivity contribution >= 4 is 12.1 Å². The summed E-state index contributed by atoms with van der Waals surface area (Å²) in [5.74, 6) is -0.235. The van der Waals surface area contributed by atoms with Crippen LogP contribution in [0.2, 0.25) is 0 Å². The maximum atomic E-state index is 12.5. The van der Waals surface area contributed by atoms with Gasteiger partial charge in [-0.25, -0.2) is 5.43 Å². The van der Waals surface area contributed by atoms with Crippen molar-refractivity contribution in [1.82, 2.24) is 14.6 Å². The van der Waals surface area contributed by atoms with Gasteiger partial charge in [0.25, 0.3) is 5.91 Å². The highest BCUT2D eigenvalue weighted by atomic mass is 16.2. The zero-order valence-electron chi connectivity index (χ0n) is 19.2. The molecule has 0 atom stereocenters. The van der Waals surface area contributed by atoms with Crippen molar-refractivity contribution in [3.05, 3.63) is 106 Å². The van der Waals surface area contributed by atoms with E-state index in [1.807, 2.05) is 24.3 Å². The molecule has 0 unspecified atom stereocenters. The Morgan fingerprint density at radius 3 is 2.12 bits per heavy atom. The number of hydrazone groups is 1. The summed E-state index contributed by atoms with van der Waals surface area (Å²) in [6, 6.07) is 22.2. The number of amides is 1. The minimum absolute atomic E-state index is 0.235. The van der Waals surface area contributed by atoms with Gasteiger partial charge in [0.15, 0.2) is 0 Å². The molecule has 0 aliphatic heterocycles. The van der Waals surface area contributed by atoms with Crippen LogP contribution in [0.25, 0.3) is 11.4 Å². The third-order valence-corrected chi connectivity index (χ3v) is 5.76. The van der Waals surface area contributed by atoms with Crippen LogP contribution in [0.15, 0.2) is 71.8 Å². The van der Waals surface area contributed by atoms with Gasteiger partial charge in [0, 0.05) is 45.3 Å². The maximum absolute atomic E-state index is 12.5. The average Bonchev–Trinajstić information content (AvgIpc) is 3.25. The number of nitrogens with one attached hydrogen (secondary N) is 1. The van der Waals surface area contributed by atoms with E-state index in [-0.39, 0.29) is 5.91 Å². The predicted molar refractivity (Wildman–Crippen MR) is 130 cm³/mol. The first-order chi connectivity index (χ1) is 15.3. The zero-order valence-corrected chi connectivity index (χ0v) is 19.2. The second kappa shape index (κ2) is 8.71. The molecule has 32 heavy (non-hydrogen) atoms. The van der Waals surface area contributed by atoms with Crippen LogP contribution in [0, 0.1) is 34.6 Å². The molecule has 0 radical (unpaired) electrons. The Morgan fingerprint density at radius 1 is 0.781 bits per heavy atom. The van der Waals surface area contributed by atoms with Crippen LogP contribution in [-0.2, 0) is 0 Å². The van der Waals surface area contributed by atoms with Crippen molar-refractivity contribution < 1.29 is 4.79 Å². The molecule has 0 saturated carbocycles. The summed E-state index contributed by atoms with van der Waals surface area (Å²) in [6.07, 6.45) is 1.70. The second-order valence-electron chi connectivity index (χ2n) is 8.20. The van der Waals surface area contributed by atoms with Gasteiger partial charge in [-0.3, -0.25) is 4.79 Å². The highest BCUT2D eigenvalue weighted by Crippen LogP contribution is 2.21. The Morgan fingerprint density at radius 2 is 1.47 bits per heavy atom. The molecule has 0 aliphatic carbocycles. The maximum Gasteiger partial charge on any atom is 0.271 e. The van der Waals surface area contributed by atoms with E-state index < -0.39 is 0 Å². The van der Waals surface area contributed by atoms with Gasteiger partial charge in [0.2, 0.25) is 0 Å². The lowest BCUT2D eigenvalue weighted by atomic mass is 10.2. The Bertz CT molecular complexity index is 1290. The van der Waals surface area contributed by atoms with Gasteiger partial charge < -0.3 is 9.13 Å². The molecular weight excluding hydrogens is 396 g/mol. The monoisotopic (exact) mass is 424 g/mol. The molecule has 0 saturated heterocycles. The van der Waals surface area contributed by atoms with Crippen LogP contribution in [0.4, 0.5) is 0 Å². The molecule has 0 bridgehead atoms. The smallest absolute Gasteiger partial charge is 0.271 e. The van der Waals surface area contributed by atoms with Gasteiger partial charge >= 0.3 is 0 Å². The number of carbonyl (C=O) groups excluding carboxylic acids is 1. The van der Waals surface area contributed by atoms with Crippen LogP contribution in [0.1, 0.15) is 44.3 Å². The van der Waals surface area contributed by atoms with Gasteiger partial charge in [-0.15, -0.1) is 0 Å². The second-order valence-corrected chi connectivity index (χ2v) is 8.20. The Kier molecular flexibility index (Phi) is 5.82.